The molecule has 0 bridgehead atoms. The minimum absolute atomic E-state index is 0. The van der Waals surface area contributed by atoms with Crippen molar-refractivity contribution in [2.75, 3.05) is 0 Å². The van der Waals surface area contributed by atoms with Crippen molar-refractivity contribution >= 4 is 72.5 Å². The van der Waals surface area contributed by atoms with Crippen molar-refractivity contribution in [1.29, 1.82) is 0 Å². The third-order valence-corrected chi connectivity index (χ3v) is 9.07. The van der Waals surface area contributed by atoms with Gasteiger partial charge in [0.15, 0.2) is 0 Å². The van der Waals surface area contributed by atoms with Crippen molar-refractivity contribution in [2.24, 2.45) is 14.1 Å². The zero-order valence-corrected chi connectivity index (χ0v) is 40.6. The second-order valence-electron chi connectivity index (χ2n) is 15.0. The molecule has 0 saturated carbocycles. The molecule has 0 aliphatic carbocycles. The van der Waals surface area contributed by atoms with E-state index in [0.29, 0.717) is 11.1 Å². The fourth-order valence-corrected chi connectivity index (χ4v) is 5.89. The van der Waals surface area contributed by atoms with Crippen LogP contribution in [0.2, 0.25) is 0 Å². The Labute approximate surface area is 407 Å². The zero-order valence-electron chi connectivity index (χ0n) is 36.2. The molecule has 336 valence electrons. The first-order chi connectivity index (χ1) is 30.0. The minimum atomic E-state index is -1.30. The van der Waals surface area contributed by atoms with E-state index in [0.717, 1.165) is 9.13 Å². The van der Waals surface area contributed by atoms with Gasteiger partial charge in [-0.05, 0) is 74.6 Å². The van der Waals surface area contributed by atoms with Crippen LogP contribution in [0.15, 0.2) is 67.0 Å². The number of carbonyl (C=O) groups excluding carboxylic acids is 4. The molecule has 4 N–H and O–H groups in total. The van der Waals surface area contributed by atoms with Gasteiger partial charge < -0.3 is 40.3 Å². The molecule has 0 spiro atoms. The molecule has 0 atom stereocenters. The number of amides is 4. The van der Waals surface area contributed by atoms with Gasteiger partial charge in [0.1, 0.15) is 34.7 Å². The maximum atomic E-state index is 13.0. The first-order valence-corrected chi connectivity index (χ1v) is 18.9. The van der Waals surface area contributed by atoms with Crippen LogP contribution in [0.4, 0.5) is 8.78 Å². The monoisotopic (exact) mass is 1020 g/mol. The molecule has 0 unspecified atom stereocenters. The fraction of sp³-hybridized carbons (Fsp3) is 0.300. The molecule has 0 saturated heterocycles. The number of aromatic nitrogens is 8. The number of nitrogens with zero attached hydrogens (tertiary/aromatic N) is 8. The average molecular weight is 1020 g/mol. The van der Waals surface area contributed by atoms with E-state index >= 15 is 0 Å². The summed E-state index contributed by atoms with van der Waals surface area (Å²) in [5.74, 6) is -6.56. The number of hydrogen-bond donors (Lipinski definition) is 4. The number of hydrogen-bond acceptors (Lipinski definition) is 16. The average Bonchev–Trinajstić information content (AvgIpc) is 3.89. The Balaban J connectivity index is 0.000000280. The number of benzene rings is 2. The number of carbonyl (C=O) groups is 4. The van der Waals surface area contributed by atoms with Gasteiger partial charge >= 0.3 is 72.5 Å². The number of aryl methyl sites for hydroxylation is 2. The number of nitrogens with one attached hydrogen (secondary N) is 4. The van der Waals surface area contributed by atoms with Gasteiger partial charge in [-0.15, -0.1) is 20.4 Å². The quantitative estimate of drug-likeness (QED) is 0.119. The molecule has 2 aromatic carbocycles. The van der Waals surface area contributed by atoms with Crippen LogP contribution >= 0.6 is 0 Å². The molecular weight excluding hydrogens is 984 g/mol. The molecule has 6 aromatic rings. The van der Waals surface area contributed by atoms with Gasteiger partial charge in [-0.2, -0.15) is 0 Å². The van der Waals surface area contributed by atoms with E-state index in [1.54, 1.807) is 0 Å². The molecule has 4 amide bonds. The predicted molar refractivity (Wildman–Crippen MR) is 218 cm³/mol. The van der Waals surface area contributed by atoms with Crippen LogP contribution in [0.1, 0.15) is 105 Å². The van der Waals surface area contributed by atoms with Crippen molar-refractivity contribution in [1.82, 2.24) is 60.8 Å². The summed E-state index contributed by atoms with van der Waals surface area (Å²) in [7, 11) is 2.61. The van der Waals surface area contributed by atoms with E-state index in [2.05, 4.69) is 51.6 Å². The van der Waals surface area contributed by atoms with Gasteiger partial charge in [0, 0.05) is 41.0 Å². The first-order valence-electron chi connectivity index (χ1n) is 18.9. The predicted octanol–water partition coefficient (Wildman–Crippen LogP) is 0.178. The Hall–Kier alpha value is -6.61. The van der Waals surface area contributed by atoms with Crippen LogP contribution < -0.4 is 42.6 Å². The smallest absolute Gasteiger partial charge is 0.867 e. The summed E-state index contributed by atoms with van der Waals surface area (Å²) >= 11 is 0. The van der Waals surface area contributed by atoms with Crippen LogP contribution in [-0.2, 0) is 38.3 Å². The molecule has 4 heterocycles. The molecule has 65 heavy (non-hydrogen) atoms. The van der Waals surface area contributed by atoms with Gasteiger partial charge in [0.05, 0.1) is 11.1 Å². The molecule has 4 aromatic heterocycles. The van der Waals surface area contributed by atoms with Gasteiger partial charge in [-0.3, -0.25) is 37.9 Å². The third kappa shape index (κ3) is 12.4. The summed E-state index contributed by atoms with van der Waals surface area (Å²) in [6.45, 7) is 9.12. The Bertz CT molecular complexity index is 2670. The van der Waals surface area contributed by atoms with Gasteiger partial charge in [-0.1, -0.05) is 24.3 Å². The summed E-state index contributed by atoms with van der Waals surface area (Å²) in [4.78, 5) is 83.1. The summed E-state index contributed by atoms with van der Waals surface area (Å²) < 4.78 is 38.1. The van der Waals surface area contributed by atoms with Crippen molar-refractivity contribution in [3.05, 3.63) is 139 Å². The SMILES string of the molecule is Cc1nnc(C(=O)NC(C)(C)c2nc(C(=O)NCc3ccc(F)cc3)c([O-])c(=O)n2C)o1.Cc1nnc(C(=O)NC(C)(C)c2nc(C(=O)NCc3ccc(F)cc3)c([O-])c(=O)n2C)o1.[Ba+2]. The summed E-state index contributed by atoms with van der Waals surface area (Å²) in [6.07, 6.45) is 0. The largest absolute Gasteiger partial charge is 2.00 e. The minimum Gasteiger partial charge on any atom is -0.867 e. The second kappa shape index (κ2) is 20.9. The Kier molecular flexibility index (Phi) is 16.4. The van der Waals surface area contributed by atoms with E-state index in [1.807, 2.05) is 0 Å². The van der Waals surface area contributed by atoms with Crippen molar-refractivity contribution < 1.29 is 47.0 Å². The van der Waals surface area contributed by atoms with E-state index in [4.69, 9.17) is 8.83 Å². The normalized spacial score (nSPS) is 11.1. The van der Waals surface area contributed by atoms with E-state index in [-0.39, 0.29) is 97.2 Å². The van der Waals surface area contributed by atoms with Gasteiger partial charge in [-0.25, -0.2) is 18.7 Å². The van der Waals surface area contributed by atoms with Crippen molar-refractivity contribution in [2.45, 2.75) is 65.7 Å². The standard InChI is InChI=1S/2C20H21FN6O5.Ba/c2*1-10-25-26-17(32-10)16(30)24-20(2,3)19-23-13(14(28)18(31)27(19)4)15(29)22-9-11-5-7-12(21)8-6-11;/h2*5-8,28H,9H2,1-4H3,(H,22,29)(H,24,30);/q;;+2/p-2. The maximum Gasteiger partial charge on any atom is 2.00 e. The van der Waals surface area contributed by atoms with Crippen molar-refractivity contribution in [3.8, 4) is 11.5 Å². The van der Waals surface area contributed by atoms with E-state index < -0.39 is 80.3 Å². The third-order valence-electron chi connectivity index (χ3n) is 9.07. The molecule has 22 nitrogen and oxygen atoms in total. The molecule has 0 radical (unpaired) electrons. The summed E-state index contributed by atoms with van der Waals surface area (Å²) in [5.41, 5.74) is -4.66. The first kappa shape index (κ1) is 51.0. The van der Waals surface area contributed by atoms with Crippen molar-refractivity contribution in [3.63, 3.8) is 0 Å². The van der Waals surface area contributed by atoms with Crippen LogP contribution in [-0.4, -0.2) is 112 Å². The second-order valence-corrected chi connectivity index (χ2v) is 15.0. The Morgan fingerprint density at radius 1 is 0.600 bits per heavy atom. The fourth-order valence-electron chi connectivity index (χ4n) is 5.89. The molecule has 0 aliphatic heterocycles. The molecule has 0 fully saturated rings. The molecule has 0 aliphatic rings. The van der Waals surface area contributed by atoms with Crippen LogP contribution in [0, 0.1) is 25.5 Å². The number of rotatable bonds is 12. The summed E-state index contributed by atoms with van der Waals surface area (Å²) in [5, 5.41) is 49.3. The maximum absolute atomic E-state index is 13.0. The van der Waals surface area contributed by atoms with E-state index in [9.17, 15) is 47.8 Å². The van der Waals surface area contributed by atoms with E-state index in [1.165, 1.54) is 104 Å². The molecule has 25 heteroatoms. The molecule has 6 rings (SSSR count). The van der Waals surface area contributed by atoms with Gasteiger partial charge in [0.25, 0.3) is 11.8 Å². The van der Waals surface area contributed by atoms with Gasteiger partial charge in [0.2, 0.25) is 22.9 Å². The topological polar surface area (TPSA) is 310 Å². The van der Waals surface area contributed by atoms with Crippen LogP contribution in [0.3, 0.4) is 0 Å². The van der Waals surface area contributed by atoms with Crippen LogP contribution in [0.5, 0.6) is 11.5 Å². The molecular formula is C40H40BaF2N12O10. The summed E-state index contributed by atoms with van der Waals surface area (Å²) in [6, 6.07) is 10.8. The Morgan fingerprint density at radius 2 is 0.923 bits per heavy atom. The zero-order chi connectivity index (χ0) is 47.3. The Morgan fingerprint density at radius 3 is 1.22 bits per heavy atom. The van der Waals surface area contributed by atoms with Crippen LogP contribution in [0.25, 0.3) is 0 Å². The number of halogens is 2.